The predicted molar refractivity (Wildman–Crippen MR) is 133 cm³/mol. The first-order valence-corrected chi connectivity index (χ1v) is 10.4. The molecule has 0 aromatic heterocycles. The predicted octanol–water partition coefficient (Wildman–Crippen LogP) is 2.80. The summed E-state index contributed by atoms with van der Waals surface area (Å²) in [6.07, 6.45) is 2.90. The summed E-state index contributed by atoms with van der Waals surface area (Å²) in [4.78, 5) is 6.71. The average molecular weight is 534 g/mol. The molecule has 2 rings (SSSR count). The number of aliphatic imine (C=N–C) groups is 1. The number of benzene rings is 1. The van der Waals surface area contributed by atoms with Crippen LogP contribution in [0, 0.1) is 6.92 Å². The van der Waals surface area contributed by atoms with E-state index in [0.717, 1.165) is 56.3 Å². The zero-order valence-electron chi connectivity index (χ0n) is 19.1. The second-order valence-corrected chi connectivity index (χ2v) is 7.82. The van der Waals surface area contributed by atoms with Crippen molar-refractivity contribution in [3.05, 3.63) is 29.3 Å². The van der Waals surface area contributed by atoms with Crippen LogP contribution in [-0.4, -0.2) is 77.6 Å². The maximum atomic E-state index is 5.99. The summed E-state index contributed by atoms with van der Waals surface area (Å²) in [5, 5.41) is 6.93. The summed E-state index contributed by atoms with van der Waals surface area (Å²) in [7, 11) is 7.80. The molecular weight excluding hydrogens is 495 g/mol. The van der Waals surface area contributed by atoms with Gasteiger partial charge in [-0.1, -0.05) is 12.1 Å². The number of likely N-dealkylation sites (N-methyl/N-ethyl adjacent to an activating group) is 1. The molecule has 0 bridgehead atoms. The van der Waals surface area contributed by atoms with Gasteiger partial charge in [0, 0.05) is 64.6 Å². The number of ether oxygens (including phenoxy) is 3. The highest BCUT2D eigenvalue weighted by Crippen LogP contribution is 2.25. The minimum Gasteiger partial charge on any atom is -0.493 e. The van der Waals surface area contributed by atoms with Crippen LogP contribution in [-0.2, 0) is 16.0 Å². The molecule has 0 amide bonds. The van der Waals surface area contributed by atoms with Gasteiger partial charge in [0.15, 0.2) is 5.96 Å². The molecule has 1 aromatic rings. The number of rotatable bonds is 10. The smallest absolute Gasteiger partial charge is 0.191 e. The Labute approximate surface area is 199 Å². The van der Waals surface area contributed by atoms with Crippen molar-refractivity contribution in [3.8, 4) is 5.75 Å². The van der Waals surface area contributed by atoms with Crippen molar-refractivity contribution in [2.75, 3.05) is 61.2 Å². The van der Waals surface area contributed by atoms with Crippen LogP contribution in [0.1, 0.15) is 30.4 Å². The van der Waals surface area contributed by atoms with Crippen molar-refractivity contribution in [1.82, 2.24) is 15.5 Å². The third-order valence-electron chi connectivity index (χ3n) is 5.60. The van der Waals surface area contributed by atoms with Gasteiger partial charge in [0.2, 0.25) is 0 Å². The topological polar surface area (TPSA) is 67.4 Å². The lowest BCUT2D eigenvalue weighted by molar-refractivity contribution is -0.00501. The van der Waals surface area contributed by atoms with E-state index in [1.807, 2.05) is 0 Å². The monoisotopic (exact) mass is 534 g/mol. The van der Waals surface area contributed by atoms with Crippen molar-refractivity contribution >= 4 is 29.9 Å². The van der Waals surface area contributed by atoms with Gasteiger partial charge in [-0.2, -0.15) is 0 Å². The number of aryl methyl sites for hydroxylation is 1. The minimum atomic E-state index is 0. The summed E-state index contributed by atoms with van der Waals surface area (Å²) in [5.41, 5.74) is 2.39. The molecule has 1 aliphatic rings. The highest BCUT2D eigenvalue weighted by atomic mass is 127. The first kappa shape index (κ1) is 26.9. The molecular formula is C22H39IN4O3. The van der Waals surface area contributed by atoms with E-state index in [1.54, 1.807) is 14.2 Å². The van der Waals surface area contributed by atoms with Gasteiger partial charge in [0.1, 0.15) is 5.75 Å². The molecule has 30 heavy (non-hydrogen) atoms. The molecule has 8 heteroatoms. The number of halogens is 1. The molecule has 0 unspecified atom stereocenters. The highest BCUT2D eigenvalue weighted by Gasteiger charge is 2.34. The van der Waals surface area contributed by atoms with E-state index in [1.165, 1.54) is 5.56 Å². The van der Waals surface area contributed by atoms with Crippen LogP contribution in [0.25, 0.3) is 0 Å². The Morgan fingerprint density at radius 2 is 1.93 bits per heavy atom. The Balaban J connectivity index is 0.00000450. The minimum absolute atomic E-state index is 0. The van der Waals surface area contributed by atoms with Crippen LogP contribution in [0.2, 0.25) is 0 Å². The van der Waals surface area contributed by atoms with E-state index in [4.69, 9.17) is 14.2 Å². The van der Waals surface area contributed by atoms with Gasteiger partial charge in [0.05, 0.1) is 6.61 Å². The number of hydrogen-bond donors (Lipinski definition) is 2. The molecule has 0 aliphatic carbocycles. The quantitative estimate of drug-likeness (QED) is 0.208. The van der Waals surface area contributed by atoms with Gasteiger partial charge in [-0.3, -0.25) is 4.99 Å². The third kappa shape index (κ3) is 8.20. The largest absolute Gasteiger partial charge is 0.493 e. The molecule has 1 saturated heterocycles. The molecule has 1 fully saturated rings. The van der Waals surface area contributed by atoms with E-state index in [-0.39, 0.29) is 29.5 Å². The molecule has 2 N–H and O–H groups in total. The maximum Gasteiger partial charge on any atom is 0.191 e. The zero-order chi connectivity index (χ0) is 21.1. The SMILES string of the molecule is CN=C(NCc1ccc(C)cc1OCCCOC)NCC1(N(C)C)CCOCC1.I. The van der Waals surface area contributed by atoms with Crippen LogP contribution in [0.15, 0.2) is 23.2 Å². The fraction of sp³-hybridized carbons (Fsp3) is 0.682. The molecule has 0 atom stereocenters. The number of methoxy groups -OCH3 is 1. The molecule has 1 aromatic carbocycles. The zero-order valence-corrected chi connectivity index (χ0v) is 21.5. The Bertz CT molecular complexity index is 649. The Kier molecular flexibility index (Phi) is 12.6. The number of nitrogens with zero attached hydrogens (tertiary/aromatic N) is 2. The maximum absolute atomic E-state index is 5.99. The fourth-order valence-corrected chi connectivity index (χ4v) is 3.51. The van der Waals surface area contributed by atoms with Gasteiger partial charge in [-0.25, -0.2) is 0 Å². The van der Waals surface area contributed by atoms with E-state index >= 15 is 0 Å². The van der Waals surface area contributed by atoms with Crippen molar-refractivity contribution in [3.63, 3.8) is 0 Å². The first-order valence-electron chi connectivity index (χ1n) is 10.4. The normalized spacial score (nSPS) is 16.1. The fourth-order valence-electron chi connectivity index (χ4n) is 3.51. The summed E-state index contributed by atoms with van der Waals surface area (Å²) >= 11 is 0. The first-order chi connectivity index (χ1) is 14.0. The highest BCUT2D eigenvalue weighted by molar-refractivity contribution is 14.0. The number of guanidine groups is 1. The van der Waals surface area contributed by atoms with E-state index < -0.39 is 0 Å². The van der Waals surface area contributed by atoms with Gasteiger partial charge >= 0.3 is 0 Å². The van der Waals surface area contributed by atoms with Gasteiger partial charge in [-0.05, 0) is 45.5 Å². The van der Waals surface area contributed by atoms with E-state index in [9.17, 15) is 0 Å². The second-order valence-electron chi connectivity index (χ2n) is 7.82. The Morgan fingerprint density at radius 1 is 1.20 bits per heavy atom. The van der Waals surface area contributed by atoms with Crippen LogP contribution in [0.5, 0.6) is 5.75 Å². The summed E-state index contributed by atoms with van der Waals surface area (Å²) < 4.78 is 16.7. The number of hydrogen-bond acceptors (Lipinski definition) is 5. The summed E-state index contributed by atoms with van der Waals surface area (Å²) in [6, 6.07) is 6.31. The molecule has 0 saturated carbocycles. The average Bonchev–Trinajstić information content (AvgIpc) is 2.73. The molecule has 1 heterocycles. The van der Waals surface area contributed by atoms with Crippen LogP contribution in [0.3, 0.4) is 0 Å². The lowest BCUT2D eigenvalue weighted by atomic mass is 9.88. The van der Waals surface area contributed by atoms with Gasteiger partial charge in [0.25, 0.3) is 0 Å². The molecule has 7 nitrogen and oxygen atoms in total. The Hall–Kier alpha value is -1.10. The van der Waals surface area contributed by atoms with Crippen LogP contribution in [0.4, 0.5) is 0 Å². The number of nitrogens with one attached hydrogen (secondary N) is 2. The second kappa shape index (κ2) is 14.1. The van der Waals surface area contributed by atoms with Crippen LogP contribution >= 0.6 is 24.0 Å². The standard InChI is InChI=1S/C22H38N4O3.HI/c1-18-7-8-19(20(15-18)29-12-6-11-27-5)16-24-21(23-2)25-17-22(26(3)4)9-13-28-14-10-22;/h7-8,15H,6,9-14,16-17H2,1-5H3,(H2,23,24,25);1H. The van der Waals surface area contributed by atoms with Crippen molar-refractivity contribution in [2.45, 2.75) is 38.3 Å². The molecule has 0 spiro atoms. The molecule has 172 valence electrons. The van der Waals surface area contributed by atoms with E-state index in [0.29, 0.717) is 19.8 Å². The van der Waals surface area contributed by atoms with E-state index in [2.05, 4.69) is 59.7 Å². The van der Waals surface area contributed by atoms with Crippen LogP contribution < -0.4 is 15.4 Å². The Morgan fingerprint density at radius 3 is 2.57 bits per heavy atom. The lowest BCUT2D eigenvalue weighted by Crippen LogP contribution is -2.57. The summed E-state index contributed by atoms with van der Waals surface area (Å²) in [6.45, 7) is 6.51. The van der Waals surface area contributed by atoms with Crippen molar-refractivity contribution < 1.29 is 14.2 Å². The lowest BCUT2D eigenvalue weighted by Gasteiger charge is -2.43. The third-order valence-corrected chi connectivity index (χ3v) is 5.60. The molecule has 0 radical (unpaired) electrons. The summed E-state index contributed by atoms with van der Waals surface area (Å²) in [5.74, 6) is 1.71. The van der Waals surface area contributed by atoms with Gasteiger partial charge < -0.3 is 29.7 Å². The van der Waals surface area contributed by atoms with Gasteiger partial charge in [-0.15, -0.1) is 24.0 Å². The van der Waals surface area contributed by atoms with Crippen molar-refractivity contribution in [1.29, 1.82) is 0 Å². The van der Waals surface area contributed by atoms with Crippen molar-refractivity contribution in [2.24, 2.45) is 4.99 Å². The molecule has 1 aliphatic heterocycles.